The van der Waals surface area contributed by atoms with Gasteiger partial charge < -0.3 is 19.5 Å². The van der Waals surface area contributed by atoms with E-state index in [-0.39, 0.29) is 12.1 Å². The second-order valence-electron chi connectivity index (χ2n) is 9.18. The molecule has 0 unspecified atom stereocenters. The van der Waals surface area contributed by atoms with E-state index in [2.05, 4.69) is 44.4 Å². The maximum Gasteiger partial charge on any atom is 0.229 e. The van der Waals surface area contributed by atoms with Crippen molar-refractivity contribution >= 4 is 38.7 Å². The molecule has 0 spiro atoms. The van der Waals surface area contributed by atoms with Crippen LogP contribution in [0.25, 0.3) is 0 Å². The maximum absolute atomic E-state index is 11.8. The normalized spacial score (nSPS) is 20.1. The van der Waals surface area contributed by atoms with Gasteiger partial charge in [-0.05, 0) is 74.8 Å². The van der Waals surface area contributed by atoms with Gasteiger partial charge in [-0.2, -0.15) is 0 Å². The summed E-state index contributed by atoms with van der Waals surface area (Å²) in [7, 11) is -1.94. The monoisotopic (exact) mass is 511 g/mol. The van der Waals surface area contributed by atoms with Crippen LogP contribution in [0.4, 0.5) is 11.4 Å². The van der Waals surface area contributed by atoms with E-state index in [9.17, 15) is 8.42 Å². The molecule has 5 rings (SSSR count). The van der Waals surface area contributed by atoms with Crippen molar-refractivity contribution in [3.63, 3.8) is 0 Å². The number of hydrogen-bond donors (Lipinski definition) is 2. The lowest BCUT2D eigenvalue weighted by Crippen LogP contribution is -2.29. The van der Waals surface area contributed by atoms with Crippen LogP contribution in [0.2, 0.25) is 0 Å². The van der Waals surface area contributed by atoms with Crippen LogP contribution >= 0.6 is 12.2 Å². The minimum Gasteiger partial charge on any atom is -0.494 e. The zero-order valence-corrected chi connectivity index (χ0v) is 21.8. The molecule has 1 saturated heterocycles. The van der Waals surface area contributed by atoms with Gasteiger partial charge in [-0.3, -0.25) is 9.71 Å². The van der Waals surface area contributed by atoms with E-state index < -0.39 is 10.0 Å². The number of benzene rings is 1. The van der Waals surface area contributed by atoms with Gasteiger partial charge in [0.2, 0.25) is 10.0 Å². The second-order valence-corrected chi connectivity index (χ2v) is 11.3. The zero-order valence-electron chi connectivity index (χ0n) is 20.1. The topological polar surface area (TPSA) is 88.5 Å². The highest BCUT2D eigenvalue weighted by Gasteiger charge is 2.43. The molecule has 0 amide bonds. The molecule has 8 nitrogen and oxygen atoms in total. The van der Waals surface area contributed by atoms with Crippen LogP contribution in [-0.4, -0.2) is 36.4 Å². The Hall–Kier alpha value is -3.11. The van der Waals surface area contributed by atoms with Crippen LogP contribution in [0.15, 0.2) is 48.7 Å². The quantitative estimate of drug-likeness (QED) is 0.455. The molecule has 2 fully saturated rings. The van der Waals surface area contributed by atoms with E-state index in [1.165, 1.54) is 36.9 Å². The summed E-state index contributed by atoms with van der Waals surface area (Å²) in [5.74, 6) is 0.416. The first-order chi connectivity index (χ1) is 16.7. The van der Waals surface area contributed by atoms with Crippen LogP contribution in [0.3, 0.4) is 0 Å². The predicted octanol–water partition coefficient (Wildman–Crippen LogP) is 4.39. The Balaban J connectivity index is 1.63. The molecule has 3 aromatic rings. The van der Waals surface area contributed by atoms with E-state index in [1.54, 1.807) is 12.3 Å². The lowest BCUT2D eigenvalue weighted by Gasteiger charge is -2.29. The molecule has 2 aromatic heterocycles. The van der Waals surface area contributed by atoms with Crippen molar-refractivity contribution in [1.29, 1.82) is 0 Å². The summed E-state index contributed by atoms with van der Waals surface area (Å²) < 4.78 is 34.1. The second kappa shape index (κ2) is 8.83. The molecular formula is C25H29N5O3S2. The molecule has 10 heteroatoms. The van der Waals surface area contributed by atoms with Gasteiger partial charge in [0.05, 0.1) is 36.8 Å². The Morgan fingerprint density at radius 1 is 1.17 bits per heavy atom. The van der Waals surface area contributed by atoms with E-state index in [0.29, 0.717) is 22.6 Å². The van der Waals surface area contributed by atoms with E-state index in [0.717, 1.165) is 17.6 Å². The van der Waals surface area contributed by atoms with Crippen LogP contribution in [0, 0.1) is 13.8 Å². The number of methoxy groups -OCH3 is 1. The summed E-state index contributed by atoms with van der Waals surface area (Å²) in [6.45, 7) is 4.33. The Kier molecular flexibility index (Phi) is 5.96. The van der Waals surface area contributed by atoms with Crippen molar-refractivity contribution in [2.75, 3.05) is 23.0 Å². The molecule has 184 valence electrons. The van der Waals surface area contributed by atoms with Gasteiger partial charge >= 0.3 is 0 Å². The van der Waals surface area contributed by atoms with Crippen LogP contribution in [-0.2, 0) is 10.0 Å². The van der Waals surface area contributed by atoms with Crippen LogP contribution in [0.1, 0.15) is 53.6 Å². The number of ether oxygens (including phenoxy) is 1. The fraction of sp³-hybridized carbons (Fsp3) is 0.360. The summed E-state index contributed by atoms with van der Waals surface area (Å²) in [5, 5.41) is 4.07. The molecule has 1 aliphatic heterocycles. The molecular weight excluding hydrogens is 482 g/mol. The van der Waals surface area contributed by atoms with Gasteiger partial charge in [0.25, 0.3) is 0 Å². The van der Waals surface area contributed by atoms with Gasteiger partial charge in [-0.1, -0.05) is 6.07 Å². The fourth-order valence-corrected chi connectivity index (χ4v) is 5.97. The third-order valence-corrected chi connectivity index (χ3v) is 7.52. The summed E-state index contributed by atoms with van der Waals surface area (Å²) in [6.07, 6.45) is 5.32. The van der Waals surface area contributed by atoms with E-state index in [1.807, 2.05) is 30.3 Å². The molecule has 1 aromatic carbocycles. The van der Waals surface area contributed by atoms with E-state index >= 15 is 0 Å². The highest BCUT2D eigenvalue weighted by atomic mass is 32.2. The number of pyridine rings is 1. The number of sulfonamides is 1. The zero-order chi connectivity index (χ0) is 24.9. The van der Waals surface area contributed by atoms with Crippen molar-refractivity contribution in [3.05, 3.63) is 71.3 Å². The molecule has 2 N–H and O–H groups in total. The van der Waals surface area contributed by atoms with Crippen LogP contribution < -0.4 is 19.7 Å². The van der Waals surface area contributed by atoms with Gasteiger partial charge in [-0.25, -0.2) is 8.42 Å². The number of anilines is 2. The SMILES string of the molecule is COc1cc(N2C(=S)N[C@H](c3ccccn3)[C@H]2c2cc(C)n(C3CC3)c2C)ccc1NS(C)(=O)=O. The molecule has 2 atom stereocenters. The summed E-state index contributed by atoms with van der Waals surface area (Å²) in [6, 6.07) is 13.8. The first kappa shape index (κ1) is 23.6. The Bertz CT molecular complexity index is 1380. The standard InChI is InChI=1S/C25H29N5O3S2/c1-15-13-19(16(2)29(15)17-8-9-17)24-23(21-7-5-6-12-26-21)27-25(34)30(24)18-10-11-20(22(14-18)33-3)28-35(4,31)32/h5-7,10-14,17,23-24,28H,8-9H2,1-4H3,(H,27,34)/t23-,24-/m1/s1. The highest BCUT2D eigenvalue weighted by Crippen LogP contribution is 2.47. The number of aryl methyl sites for hydroxylation is 1. The Morgan fingerprint density at radius 2 is 1.94 bits per heavy atom. The van der Waals surface area contributed by atoms with Crippen molar-refractivity contribution in [2.24, 2.45) is 0 Å². The third-order valence-electron chi connectivity index (χ3n) is 6.61. The van der Waals surface area contributed by atoms with Crippen LogP contribution in [0.5, 0.6) is 5.75 Å². The first-order valence-corrected chi connectivity index (χ1v) is 13.8. The molecule has 0 radical (unpaired) electrons. The van der Waals surface area contributed by atoms with Gasteiger partial charge in [-0.15, -0.1) is 0 Å². The van der Waals surface area contributed by atoms with Gasteiger partial charge in [0, 0.05) is 35.4 Å². The summed E-state index contributed by atoms with van der Waals surface area (Å²) in [4.78, 5) is 6.72. The predicted molar refractivity (Wildman–Crippen MR) is 142 cm³/mol. The lowest BCUT2D eigenvalue weighted by molar-refractivity contribution is 0.417. The molecule has 35 heavy (non-hydrogen) atoms. The fourth-order valence-electron chi connectivity index (χ4n) is 5.06. The number of aromatic nitrogens is 2. The van der Waals surface area contributed by atoms with Crippen molar-refractivity contribution < 1.29 is 13.2 Å². The van der Waals surface area contributed by atoms with Gasteiger partial charge in [0.15, 0.2) is 5.11 Å². The average molecular weight is 512 g/mol. The van der Waals surface area contributed by atoms with E-state index in [4.69, 9.17) is 17.0 Å². The minimum absolute atomic E-state index is 0.144. The minimum atomic E-state index is -3.45. The largest absolute Gasteiger partial charge is 0.494 e. The molecule has 3 heterocycles. The smallest absolute Gasteiger partial charge is 0.229 e. The van der Waals surface area contributed by atoms with Gasteiger partial charge in [0.1, 0.15) is 5.75 Å². The number of nitrogens with one attached hydrogen (secondary N) is 2. The number of thiocarbonyl (C=S) groups is 1. The first-order valence-electron chi connectivity index (χ1n) is 11.5. The average Bonchev–Trinajstić information content (AvgIpc) is 3.52. The van der Waals surface area contributed by atoms with Crippen molar-refractivity contribution in [1.82, 2.24) is 14.9 Å². The lowest BCUT2D eigenvalue weighted by atomic mass is 9.96. The highest BCUT2D eigenvalue weighted by molar-refractivity contribution is 7.92. The molecule has 1 aliphatic carbocycles. The van der Waals surface area contributed by atoms with Crippen molar-refractivity contribution in [3.8, 4) is 5.75 Å². The molecule has 2 aliphatic rings. The Labute approximate surface area is 211 Å². The Morgan fingerprint density at radius 3 is 2.57 bits per heavy atom. The summed E-state index contributed by atoms with van der Waals surface area (Å²) >= 11 is 5.85. The number of nitrogens with zero attached hydrogens (tertiary/aromatic N) is 3. The molecule has 0 bridgehead atoms. The summed E-state index contributed by atoms with van der Waals surface area (Å²) in [5.41, 5.74) is 5.74. The number of hydrogen-bond acceptors (Lipinski definition) is 5. The molecule has 1 saturated carbocycles. The van der Waals surface area contributed by atoms with Crippen molar-refractivity contribution in [2.45, 2.75) is 44.8 Å². The number of rotatable bonds is 7. The third kappa shape index (κ3) is 4.48. The maximum atomic E-state index is 11.8.